The highest BCUT2D eigenvalue weighted by Crippen LogP contribution is 2.27. The first-order chi connectivity index (χ1) is 16.9. The molecule has 0 saturated carbocycles. The molecule has 0 heterocycles. The lowest BCUT2D eigenvalue weighted by molar-refractivity contribution is -0.129. The second kappa shape index (κ2) is 12.4. The third kappa shape index (κ3) is 7.93. The van der Waals surface area contributed by atoms with E-state index in [-0.39, 0.29) is 17.9 Å². The summed E-state index contributed by atoms with van der Waals surface area (Å²) in [6.45, 7) is -0.317. The third-order valence-corrected chi connectivity index (χ3v) is 4.53. The monoisotopic (exact) mass is 475 g/mol. The van der Waals surface area contributed by atoms with Gasteiger partial charge in [-0.3, -0.25) is 9.59 Å². The number of nitrogens with zero attached hydrogens (tertiary/aromatic N) is 1. The van der Waals surface area contributed by atoms with Crippen LogP contribution in [-0.2, 0) is 9.59 Å². The molecule has 0 fully saturated rings. The van der Waals surface area contributed by atoms with Crippen LogP contribution in [0.2, 0.25) is 0 Å². The molecule has 178 valence electrons. The van der Waals surface area contributed by atoms with Gasteiger partial charge in [0.15, 0.2) is 11.5 Å². The van der Waals surface area contributed by atoms with Crippen LogP contribution in [0.4, 0.5) is 4.39 Å². The first-order valence-electron chi connectivity index (χ1n) is 10.4. The van der Waals surface area contributed by atoms with Crippen LogP contribution < -0.4 is 20.2 Å². The Hall–Kier alpha value is -4.79. The Balaban J connectivity index is 1.50. The van der Waals surface area contributed by atoms with Gasteiger partial charge in [-0.1, -0.05) is 30.3 Å². The molecular weight excluding hydrogens is 453 g/mol. The van der Waals surface area contributed by atoms with E-state index in [1.54, 1.807) is 24.3 Å². The lowest BCUT2D eigenvalue weighted by Gasteiger charge is -2.08. The maximum Gasteiger partial charge on any atom is 0.336 e. The molecule has 0 radical (unpaired) electrons. The molecule has 0 aromatic heterocycles. The van der Waals surface area contributed by atoms with Crippen LogP contribution in [-0.4, -0.2) is 37.7 Å². The number of carbonyl (C=O) groups is 3. The fraction of sp³-hybridized carbons (Fsp3) is 0.0769. The number of hydrogen-bond acceptors (Lipinski definition) is 6. The molecule has 3 aromatic rings. The molecule has 0 unspecified atom stereocenters. The highest BCUT2D eigenvalue weighted by Gasteiger charge is 2.10. The quantitative estimate of drug-likeness (QED) is 0.162. The molecule has 3 aromatic carbocycles. The number of hydrazone groups is 1. The van der Waals surface area contributed by atoms with Crippen molar-refractivity contribution in [3.8, 4) is 11.5 Å². The van der Waals surface area contributed by atoms with Crippen molar-refractivity contribution in [2.45, 2.75) is 0 Å². The summed E-state index contributed by atoms with van der Waals surface area (Å²) in [5.41, 5.74) is 3.94. The van der Waals surface area contributed by atoms with Crippen LogP contribution in [0.5, 0.6) is 11.5 Å². The van der Waals surface area contributed by atoms with E-state index in [1.165, 1.54) is 31.5 Å². The Labute approximate surface area is 201 Å². The molecule has 2 N–H and O–H groups in total. The molecule has 0 saturated heterocycles. The molecular formula is C26H22FN3O5. The number of nitrogens with one attached hydrogen (secondary N) is 2. The molecule has 8 nitrogen and oxygen atoms in total. The van der Waals surface area contributed by atoms with Gasteiger partial charge in [-0.2, -0.15) is 5.10 Å². The molecule has 2 amide bonds. The van der Waals surface area contributed by atoms with Crippen LogP contribution in [0.1, 0.15) is 21.5 Å². The third-order valence-electron chi connectivity index (χ3n) is 4.53. The Bertz CT molecular complexity index is 1240. The number of hydrogen-bond donors (Lipinski definition) is 2. The number of methoxy groups -OCH3 is 1. The van der Waals surface area contributed by atoms with Crippen molar-refractivity contribution in [3.05, 3.63) is 101 Å². The zero-order valence-electron chi connectivity index (χ0n) is 18.7. The fourth-order valence-electron chi connectivity index (χ4n) is 2.80. The van der Waals surface area contributed by atoms with Crippen LogP contribution >= 0.6 is 0 Å². The van der Waals surface area contributed by atoms with Gasteiger partial charge in [0.2, 0.25) is 0 Å². The minimum Gasteiger partial charge on any atom is -0.493 e. The van der Waals surface area contributed by atoms with E-state index in [0.717, 1.165) is 17.7 Å². The highest BCUT2D eigenvalue weighted by atomic mass is 19.1. The molecule has 0 aliphatic carbocycles. The molecule has 9 heteroatoms. The smallest absolute Gasteiger partial charge is 0.336 e. The normalized spacial score (nSPS) is 10.8. The SMILES string of the molecule is COc1cc(/C=N/NC(=O)CNC(=O)c2ccc(F)cc2)ccc1OC(=O)/C=C/c1ccccc1. The fourth-order valence-corrected chi connectivity index (χ4v) is 2.80. The summed E-state index contributed by atoms with van der Waals surface area (Å²) < 4.78 is 23.5. The van der Waals surface area contributed by atoms with Crippen molar-refractivity contribution in [3.63, 3.8) is 0 Å². The summed E-state index contributed by atoms with van der Waals surface area (Å²) in [7, 11) is 1.43. The van der Waals surface area contributed by atoms with Gasteiger partial charge in [0.05, 0.1) is 19.9 Å². The van der Waals surface area contributed by atoms with Gasteiger partial charge in [-0.05, 0) is 59.7 Å². The lowest BCUT2D eigenvalue weighted by Crippen LogP contribution is -2.34. The van der Waals surface area contributed by atoms with E-state index in [9.17, 15) is 18.8 Å². The van der Waals surface area contributed by atoms with Crippen molar-refractivity contribution in [1.29, 1.82) is 0 Å². The predicted molar refractivity (Wildman–Crippen MR) is 129 cm³/mol. The number of benzene rings is 3. The van der Waals surface area contributed by atoms with E-state index < -0.39 is 23.6 Å². The van der Waals surface area contributed by atoms with E-state index in [4.69, 9.17) is 9.47 Å². The zero-order valence-corrected chi connectivity index (χ0v) is 18.7. The number of amides is 2. The summed E-state index contributed by atoms with van der Waals surface area (Å²) in [6, 6.07) is 19.0. The van der Waals surface area contributed by atoms with Crippen molar-refractivity contribution >= 4 is 30.1 Å². The molecule has 0 aliphatic heterocycles. The van der Waals surface area contributed by atoms with E-state index in [0.29, 0.717) is 11.3 Å². The Morgan fingerprint density at radius 1 is 0.943 bits per heavy atom. The molecule has 0 spiro atoms. The van der Waals surface area contributed by atoms with Gasteiger partial charge in [-0.25, -0.2) is 14.6 Å². The lowest BCUT2D eigenvalue weighted by atomic mass is 10.2. The molecule has 3 rings (SSSR count). The maximum atomic E-state index is 12.9. The molecule has 0 bridgehead atoms. The van der Waals surface area contributed by atoms with Gasteiger partial charge >= 0.3 is 5.97 Å². The summed E-state index contributed by atoms with van der Waals surface area (Å²) in [5, 5.41) is 6.24. The van der Waals surface area contributed by atoms with Gasteiger partial charge in [0.1, 0.15) is 5.82 Å². The first-order valence-corrected chi connectivity index (χ1v) is 10.4. The van der Waals surface area contributed by atoms with Crippen molar-refractivity contribution in [1.82, 2.24) is 10.7 Å². The Morgan fingerprint density at radius 2 is 1.69 bits per heavy atom. The average Bonchev–Trinajstić information content (AvgIpc) is 2.88. The van der Waals surface area contributed by atoms with Crippen molar-refractivity contribution in [2.24, 2.45) is 5.10 Å². The predicted octanol–water partition coefficient (Wildman–Crippen LogP) is 3.33. The van der Waals surface area contributed by atoms with E-state index in [2.05, 4.69) is 15.8 Å². The summed E-state index contributed by atoms with van der Waals surface area (Å²) in [5.74, 6) is -1.58. The maximum absolute atomic E-state index is 12.9. The van der Waals surface area contributed by atoms with Crippen LogP contribution in [0, 0.1) is 5.82 Å². The number of carbonyl (C=O) groups excluding carboxylic acids is 3. The van der Waals surface area contributed by atoms with Crippen LogP contribution in [0.3, 0.4) is 0 Å². The summed E-state index contributed by atoms with van der Waals surface area (Å²) in [6.07, 6.45) is 4.32. The van der Waals surface area contributed by atoms with Crippen molar-refractivity contribution < 1.29 is 28.2 Å². The van der Waals surface area contributed by atoms with Gasteiger partial charge in [-0.15, -0.1) is 0 Å². The number of halogens is 1. The number of rotatable bonds is 9. The molecule has 35 heavy (non-hydrogen) atoms. The average molecular weight is 475 g/mol. The largest absolute Gasteiger partial charge is 0.493 e. The van der Waals surface area contributed by atoms with Gasteiger partial charge in [0, 0.05) is 11.6 Å². The standard InChI is InChI=1S/C26H22FN3O5/c1-34-23-15-19(7-13-22(23)35-25(32)14-8-18-5-3-2-4-6-18)16-29-30-24(31)17-28-26(33)20-9-11-21(27)12-10-20/h2-16H,17H2,1H3,(H,28,33)(H,30,31)/b14-8+,29-16+. The number of ether oxygens (including phenoxy) is 2. The second-order valence-corrected chi connectivity index (χ2v) is 7.06. The van der Waals surface area contributed by atoms with Gasteiger partial charge < -0.3 is 14.8 Å². The van der Waals surface area contributed by atoms with E-state index in [1.807, 2.05) is 30.3 Å². The Morgan fingerprint density at radius 3 is 2.40 bits per heavy atom. The minimum atomic E-state index is -0.566. The van der Waals surface area contributed by atoms with Crippen LogP contribution in [0.15, 0.2) is 84.0 Å². The minimum absolute atomic E-state index is 0.222. The van der Waals surface area contributed by atoms with Gasteiger partial charge in [0.25, 0.3) is 11.8 Å². The van der Waals surface area contributed by atoms with Crippen molar-refractivity contribution in [2.75, 3.05) is 13.7 Å². The van der Waals surface area contributed by atoms with Crippen LogP contribution in [0.25, 0.3) is 6.08 Å². The molecule has 0 aliphatic rings. The second-order valence-electron chi connectivity index (χ2n) is 7.06. The Kier molecular flexibility index (Phi) is 8.84. The summed E-state index contributed by atoms with van der Waals surface area (Å²) >= 11 is 0. The van der Waals surface area contributed by atoms with E-state index >= 15 is 0 Å². The first kappa shape index (κ1) is 24.8. The number of esters is 1. The zero-order chi connectivity index (χ0) is 25.0. The molecule has 0 atom stereocenters. The summed E-state index contributed by atoms with van der Waals surface area (Å²) in [4.78, 5) is 36.0. The highest BCUT2D eigenvalue weighted by molar-refractivity contribution is 5.96. The topological polar surface area (TPSA) is 106 Å².